The average Bonchev–Trinajstić information content (AvgIpc) is 2.96. The largest absolute Gasteiger partial charge is 0.347 e. The van der Waals surface area contributed by atoms with Crippen molar-refractivity contribution in [3.8, 4) is 0 Å². The van der Waals surface area contributed by atoms with E-state index in [9.17, 15) is 9.59 Å². The van der Waals surface area contributed by atoms with Crippen molar-refractivity contribution in [1.29, 1.82) is 0 Å². The quantitative estimate of drug-likeness (QED) is 0.510. The summed E-state index contributed by atoms with van der Waals surface area (Å²) in [5, 5.41) is 0. The molecule has 2 aromatic carbocycles. The van der Waals surface area contributed by atoms with E-state index < -0.39 is 0 Å². The zero-order valence-corrected chi connectivity index (χ0v) is 22.9. The second kappa shape index (κ2) is 12.7. The maximum Gasteiger partial charge on any atom is 0.253 e. The lowest BCUT2D eigenvalue weighted by atomic mass is 9.82. The smallest absolute Gasteiger partial charge is 0.253 e. The molecule has 4 rings (SSSR count). The Morgan fingerprint density at radius 3 is 2.03 bits per heavy atom. The van der Waals surface area contributed by atoms with Crippen molar-refractivity contribution in [2.75, 3.05) is 60.4 Å². The molecule has 2 aromatic rings. The Kier molecular flexibility index (Phi) is 9.38. The molecule has 2 fully saturated rings. The van der Waals surface area contributed by atoms with Gasteiger partial charge in [-0.3, -0.25) is 14.5 Å². The monoisotopic (exact) mass is 504 g/mol. The SMILES string of the molecule is CN(C)C(=O)C1(N2CCCCC2)CCN(CCC(CN(C)C(=O)c2ccccc2)c2ccccc2)CC1. The predicted molar refractivity (Wildman–Crippen MR) is 150 cm³/mol. The van der Waals surface area contributed by atoms with Gasteiger partial charge in [-0.15, -0.1) is 0 Å². The molecule has 0 spiro atoms. The number of benzene rings is 2. The Hall–Kier alpha value is -2.70. The van der Waals surface area contributed by atoms with Gasteiger partial charge in [0.05, 0.1) is 0 Å². The Morgan fingerprint density at radius 1 is 0.838 bits per heavy atom. The van der Waals surface area contributed by atoms with Gasteiger partial charge in [-0.05, 0) is 69.4 Å². The summed E-state index contributed by atoms with van der Waals surface area (Å²) < 4.78 is 0. The van der Waals surface area contributed by atoms with E-state index in [1.165, 1.54) is 24.8 Å². The minimum Gasteiger partial charge on any atom is -0.347 e. The summed E-state index contributed by atoms with van der Waals surface area (Å²) in [4.78, 5) is 35.1. The van der Waals surface area contributed by atoms with Gasteiger partial charge in [0.25, 0.3) is 5.91 Å². The third kappa shape index (κ3) is 6.60. The highest BCUT2D eigenvalue weighted by Gasteiger charge is 2.47. The van der Waals surface area contributed by atoms with Gasteiger partial charge in [0.15, 0.2) is 0 Å². The molecule has 2 saturated heterocycles. The number of nitrogens with zero attached hydrogens (tertiary/aromatic N) is 4. The molecule has 2 aliphatic heterocycles. The molecule has 0 N–H and O–H groups in total. The summed E-state index contributed by atoms with van der Waals surface area (Å²) in [6.07, 6.45) is 6.44. The van der Waals surface area contributed by atoms with Crippen LogP contribution < -0.4 is 0 Å². The van der Waals surface area contributed by atoms with E-state index in [0.29, 0.717) is 6.54 Å². The number of piperidine rings is 2. The second-order valence-corrected chi connectivity index (χ2v) is 11.1. The van der Waals surface area contributed by atoms with Crippen molar-refractivity contribution >= 4 is 11.8 Å². The van der Waals surface area contributed by atoms with Crippen LogP contribution in [-0.4, -0.2) is 97.4 Å². The summed E-state index contributed by atoms with van der Waals surface area (Å²) in [6.45, 7) is 5.61. The molecule has 2 aliphatic rings. The molecule has 0 aliphatic carbocycles. The Morgan fingerprint density at radius 2 is 1.43 bits per heavy atom. The maximum atomic E-state index is 13.4. The summed E-state index contributed by atoms with van der Waals surface area (Å²) in [7, 11) is 5.71. The lowest BCUT2D eigenvalue weighted by Crippen LogP contribution is -2.64. The number of carbonyl (C=O) groups is 2. The van der Waals surface area contributed by atoms with Crippen LogP contribution in [-0.2, 0) is 4.79 Å². The molecule has 0 saturated carbocycles. The Labute approximate surface area is 223 Å². The van der Waals surface area contributed by atoms with Crippen molar-refractivity contribution in [2.45, 2.75) is 50.0 Å². The summed E-state index contributed by atoms with van der Waals surface area (Å²) in [6, 6.07) is 20.1. The van der Waals surface area contributed by atoms with E-state index in [1.54, 1.807) is 4.90 Å². The second-order valence-electron chi connectivity index (χ2n) is 11.1. The standard InChI is InChI=1S/C31H44N4O2/c1-32(2)30(37)31(35-20-11-6-12-21-35)18-23-34(24-19-31)22-17-28(26-13-7-4-8-14-26)25-33(3)29(36)27-15-9-5-10-16-27/h4-5,7-10,13-16,28H,6,11-12,17-25H2,1-3H3. The highest BCUT2D eigenvalue weighted by atomic mass is 16.2. The van der Waals surface area contributed by atoms with Crippen LogP contribution in [0.15, 0.2) is 60.7 Å². The highest BCUT2D eigenvalue weighted by molar-refractivity contribution is 5.94. The molecular formula is C31H44N4O2. The van der Waals surface area contributed by atoms with E-state index in [1.807, 2.05) is 62.4 Å². The number of hydrogen-bond acceptors (Lipinski definition) is 4. The number of carbonyl (C=O) groups excluding carboxylic acids is 2. The van der Waals surface area contributed by atoms with Crippen molar-refractivity contribution in [1.82, 2.24) is 19.6 Å². The van der Waals surface area contributed by atoms with Gasteiger partial charge in [0.2, 0.25) is 5.91 Å². The van der Waals surface area contributed by atoms with E-state index in [-0.39, 0.29) is 23.3 Å². The lowest BCUT2D eigenvalue weighted by molar-refractivity contribution is -0.147. The molecule has 37 heavy (non-hydrogen) atoms. The van der Waals surface area contributed by atoms with Crippen LogP contribution in [0.1, 0.15) is 60.4 Å². The first-order chi connectivity index (χ1) is 17.9. The number of amides is 2. The normalized spacial score (nSPS) is 19.2. The van der Waals surface area contributed by atoms with E-state index in [0.717, 1.165) is 57.5 Å². The summed E-state index contributed by atoms with van der Waals surface area (Å²) in [5.74, 6) is 0.598. The fourth-order valence-corrected chi connectivity index (χ4v) is 6.19. The van der Waals surface area contributed by atoms with Crippen molar-refractivity contribution in [3.05, 3.63) is 71.8 Å². The van der Waals surface area contributed by atoms with Crippen LogP contribution in [0.2, 0.25) is 0 Å². The molecule has 0 aromatic heterocycles. The summed E-state index contributed by atoms with van der Waals surface area (Å²) in [5.41, 5.74) is 1.66. The molecule has 0 radical (unpaired) electrons. The van der Waals surface area contributed by atoms with Crippen molar-refractivity contribution < 1.29 is 9.59 Å². The molecule has 200 valence electrons. The fourth-order valence-electron chi connectivity index (χ4n) is 6.19. The number of likely N-dealkylation sites (N-methyl/N-ethyl adjacent to an activating group) is 2. The van der Waals surface area contributed by atoms with Crippen LogP contribution in [0.4, 0.5) is 0 Å². The Bertz CT molecular complexity index is 996. The Balaban J connectivity index is 1.40. The van der Waals surface area contributed by atoms with Gasteiger partial charge in [-0.25, -0.2) is 0 Å². The minimum atomic E-state index is -0.346. The number of hydrogen-bond donors (Lipinski definition) is 0. The van der Waals surface area contributed by atoms with Crippen LogP contribution >= 0.6 is 0 Å². The topological polar surface area (TPSA) is 47.1 Å². The van der Waals surface area contributed by atoms with Crippen molar-refractivity contribution in [3.63, 3.8) is 0 Å². The first-order valence-electron chi connectivity index (χ1n) is 14.0. The first kappa shape index (κ1) is 27.3. The minimum absolute atomic E-state index is 0.0630. The maximum absolute atomic E-state index is 13.4. The molecule has 6 nitrogen and oxygen atoms in total. The third-order valence-electron chi connectivity index (χ3n) is 8.38. The number of rotatable bonds is 9. The predicted octanol–water partition coefficient (Wildman–Crippen LogP) is 4.34. The van der Waals surface area contributed by atoms with Crippen LogP contribution in [0.25, 0.3) is 0 Å². The van der Waals surface area contributed by atoms with Crippen LogP contribution in [0.3, 0.4) is 0 Å². The van der Waals surface area contributed by atoms with Gasteiger partial charge in [-0.2, -0.15) is 0 Å². The molecule has 1 atom stereocenters. The zero-order chi connectivity index (χ0) is 26.3. The molecular weight excluding hydrogens is 460 g/mol. The average molecular weight is 505 g/mol. The van der Waals surface area contributed by atoms with Gasteiger partial charge < -0.3 is 14.7 Å². The third-order valence-corrected chi connectivity index (χ3v) is 8.38. The van der Waals surface area contributed by atoms with E-state index in [4.69, 9.17) is 0 Å². The zero-order valence-electron chi connectivity index (χ0n) is 22.9. The lowest BCUT2D eigenvalue weighted by Gasteiger charge is -2.50. The van der Waals surface area contributed by atoms with Gasteiger partial charge in [0, 0.05) is 52.3 Å². The van der Waals surface area contributed by atoms with Gasteiger partial charge in [0.1, 0.15) is 5.54 Å². The molecule has 0 bridgehead atoms. The molecule has 2 amide bonds. The van der Waals surface area contributed by atoms with E-state index >= 15 is 0 Å². The fraction of sp³-hybridized carbons (Fsp3) is 0.548. The number of likely N-dealkylation sites (tertiary alicyclic amines) is 2. The van der Waals surface area contributed by atoms with Crippen LogP contribution in [0.5, 0.6) is 0 Å². The summed E-state index contributed by atoms with van der Waals surface area (Å²) >= 11 is 0. The molecule has 1 unspecified atom stereocenters. The first-order valence-corrected chi connectivity index (χ1v) is 14.0. The van der Waals surface area contributed by atoms with Crippen LogP contribution in [0, 0.1) is 0 Å². The van der Waals surface area contributed by atoms with Crippen molar-refractivity contribution in [2.24, 2.45) is 0 Å². The van der Waals surface area contributed by atoms with Gasteiger partial charge in [-0.1, -0.05) is 55.0 Å². The van der Waals surface area contributed by atoms with E-state index in [2.05, 4.69) is 34.1 Å². The highest BCUT2D eigenvalue weighted by Crippen LogP contribution is 2.34. The van der Waals surface area contributed by atoms with Gasteiger partial charge >= 0.3 is 0 Å². The molecule has 6 heteroatoms. The molecule has 2 heterocycles.